The molecule has 0 atom stereocenters. The van der Waals surface area contributed by atoms with Crippen molar-refractivity contribution in [1.29, 1.82) is 0 Å². The highest BCUT2D eigenvalue weighted by atomic mass is 16.2. The maximum absolute atomic E-state index is 12.2. The maximum atomic E-state index is 12.2. The Hall–Kier alpha value is -1.85. The number of rotatable bonds is 4. The highest BCUT2D eigenvalue weighted by Gasteiger charge is 2.25. The van der Waals surface area contributed by atoms with Crippen LogP contribution < -0.4 is 17.1 Å². The van der Waals surface area contributed by atoms with Crippen LogP contribution in [0.15, 0.2) is 27.0 Å². The number of nitrogens with zero attached hydrogens (tertiary/aromatic N) is 3. The molecule has 0 bridgehead atoms. The number of allylic oxidation sites excluding steroid dienone is 1. The Bertz CT molecular complexity index is 631. The van der Waals surface area contributed by atoms with E-state index in [0.29, 0.717) is 6.42 Å². The van der Waals surface area contributed by atoms with E-state index in [1.807, 2.05) is 6.92 Å². The average Bonchev–Trinajstić information content (AvgIpc) is 2.32. The molecule has 1 aromatic heterocycles. The van der Waals surface area contributed by atoms with Crippen molar-refractivity contribution >= 4 is 0 Å². The first kappa shape index (κ1) is 14.2. The molecule has 6 heteroatoms. The lowest BCUT2D eigenvalue weighted by molar-refractivity contribution is 0.290. The predicted octanol–water partition coefficient (Wildman–Crippen LogP) is 0.0398. The topological polar surface area (TPSA) is 66.0 Å². The Morgan fingerprint density at radius 2 is 1.72 bits per heavy atom. The van der Waals surface area contributed by atoms with Crippen molar-refractivity contribution in [3.05, 3.63) is 44.1 Å². The normalized spacial score (nSPS) is 11.6. The molecule has 100 valence electrons. The van der Waals surface area contributed by atoms with Crippen LogP contribution in [0.3, 0.4) is 0 Å². The molecule has 0 spiro atoms. The molecule has 1 heterocycles. The zero-order valence-electron chi connectivity index (χ0n) is 11.3. The van der Waals surface area contributed by atoms with Crippen LogP contribution in [0.1, 0.15) is 27.2 Å². The third-order valence-corrected chi connectivity index (χ3v) is 3.20. The number of aromatic nitrogens is 3. The average molecular weight is 253 g/mol. The zero-order chi connectivity index (χ0) is 14.1. The first-order chi connectivity index (χ1) is 8.27. The van der Waals surface area contributed by atoms with Crippen LogP contribution >= 0.6 is 0 Å². The maximum Gasteiger partial charge on any atom is 0.337 e. The molecule has 0 aromatic carbocycles. The molecule has 18 heavy (non-hydrogen) atoms. The molecule has 0 saturated carbocycles. The first-order valence-corrected chi connectivity index (χ1v) is 5.82. The summed E-state index contributed by atoms with van der Waals surface area (Å²) in [5.74, 6) is 0. The molecule has 6 nitrogen and oxygen atoms in total. The van der Waals surface area contributed by atoms with Crippen LogP contribution in [0.4, 0.5) is 0 Å². The van der Waals surface area contributed by atoms with Gasteiger partial charge in [0, 0.05) is 12.6 Å². The van der Waals surface area contributed by atoms with Gasteiger partial charge in [-0.2, -0.15) is 0 Å². The summed E-state index contributed by atoms with van der Waals surface area (Å²) in [6, 6.07) is 0. The highest BCUT2D eigenvalue weighted by Crippen LogP contribution is 2.13. The SMILES string of the molecule is C=CCn1c(=O)n(C)c(=O)n(C(C)(C)CC)c1=O. The van der Waals surface area contributed by atoms with Crippen LogP contribution in [0.5, 0.6) is 0 Å². The minimum Gasteiger partial charge on any atom is -0.248 e. The summed E-state index contributed by atoms with van der Waals surface area (Å²) in [5.41, 5.74) is -2.43. The molecule has 0 saturated heterocycles. The van der Waals surface area contributed by atoms with Gasteiger partial charge in [0.25, 0.3) is 0 Å². The summed E-state index contributed by atoms with van der Waals surface area (Å²) < 4.78 is 3.08. The monoisotopic (exact) mass is 253 g/mol. The van der Waals surface area contributed by atoms with Gasteiger partial charge in [-0.25, -0.2) is 28.1 Å². The van der Waals surface area contributed by atoms with Crippen LogP contribution in [-0.4, -0.2) is 13.7 Å². The van der Waals surface area contributed by atoms with Crippen molar-refractivity contribution in [3.63, 3.8) is 0 Å². The fourth-order valence-electron chi connectivity index (χ4n) is 1.66. The molecular formula is C12H19N3O3. The first-order valence-electron chi connectivity index (χ1n) is 5.82. The van der Waals surface area contributed by atoms with E-state index >= 15 is 0 Å². The quantitative estimate of drug-likeness (QED) is 0.712. The Morgan fingerprint density at radius 1 is 1.17 bits per heavy atom. The standard InChI is InChI=1S/C12H19N3O3/c1-6-8-14-9(16)13(5)10(17)15(11(14)18)12(3,4)7-2/h6H,1,7-8H2,2-5H3. The molecule has 0 amide bonds. The molecule has 0 aliphatic carbocycles. The van der Waals surface area contributed by atoms with Gasteiger partial charge in [0.15, 0.2) is 0 Å². The van der Waals surface area contributed by atoms with Crippen LogP contribution in [0.2, 0.25) is 0 Å². The minimum atomic E-state index is -0.636. The second-order valence-electron chi connectivity index (χ2n) is 4.81. The van der Waals surface area contributed by atoms with Crippen molar-refractivity contribution in [3.8, 4) is 0 Å². The van der Waals surface area contributed by atoms with Gasteiger partial charge < -0.3 is 0 Å². The number of hydrogen-bond acceptors (Lipinski definition) is 3. The smallest absolute Gasteiger partial charge is 0.248 e. The van der Waals surface area contributed by atoms with E-state index in [0.717, 1.165) is 13.7 Å². The zero-order valence-corrected chi connectivity index (χ0v) is 11.3. The second-order valence-corrected chi connectivity index (χ2v) is 4.81. The highest BCUT2D eigenvalue weighted by molar-refractivity contribution is 4.87. The van der Waals surface area contributed by atoms with Crippen LogP contribution in [-0.2, 0) is 19.1 Å². The van der Waals surface area contributed by atoms with Gasteiger partial charge in [-0.15, -0.1) is 6.58 Å². The van der Waals surface area contributed by atoms with Crippen molar-refractivity contribution in [1.82, 2.24) is 13.7 Å². The van der Waals surface area contributed by atoms with E-state index in [-0.39, 0.29) is 6.54 Å². The fraction of sp³-hybridized carbons (Fsp3) is 0.583. The summed E-state index contributed by atoms with van der Waals surface area (Å²) in [5, 5.41) is 0. The molecular weight excluding hydrogens is 234 g/mol. The van der Waals surface area contributed by atoms with Crippen LogP contribution in [0, 0.1) is 0 Å². The van der Waals surface area contributed by atoms with Gasteiger partial charge in [0.2, 0.25) is 0 Å². The third-order valence-electron chi connectivity index (χ3n) is 3.20. The Morgan fingerprint density at radius 3 is 2.17 bits per heavy atom. The Labute approximate surface area is 105 Å². The van der Waals surface area contributed by atoms with Crippen molar-refractivity contribution < 1.29 is 0 Å². The Kier molecular flexibility index (Phi) is 3.79. The van der Waals surface area contributed by atoms with E-state index in [9.17, 15) is 14.4 Å². The van der Waals surface area contributed by atoms with Gasteiger partial charge in [-0.1, -0.05) is 13.0 Å². The van der Waals surface area contributed by atoms with Gasteiger partial charge >= 0.3 is 17.1 Å². The van der Waals surface area contributed by atoms with Gasteiger partial charge in [0.1, 0.15) is 0 Å². The summed E-state index contributed by atoms with van der Waals surface area (Å²) in [6.07, 6.45) is 2.06. The molecule has 0 N–H and O–H groups in total. The van der Waals surface area contributed by atoms with Gasteiger partial charge in [-0.3, -0.25) is 0 Å². The lowest BCUT2D eigenvalue weighted by atomic mass is 10.0. The number of hydrogen-bond donors (Lipinski definition) is 0. The molecule has 0 aliphatic rings. The Balaban J connectivity index is 3.86. The molecule has 1 rings (SSSR count). The molecule has 0 aliphatic heterocycles. The molecule has 0 radical (unpaired) electrons. The van der Waals surface area contributed by atoms with Crippen molar-refractivity contribution in [2.75, 3.05) is 0 Å². The molecule has 0 unspecified atom stereocenters. The second kappa shape index (κ2) is 4.80. The lowest BCUT2D eigenvalue weighted by Crippen LogP contribution is -2.58. The van der Waals surface area contributed by atoms with E-state index < -0.39 is 22.6 Å². The molecule has 1 aromatic rings. The van der Waals surface area contributed by atoms with Gasteiger partial charge in [-0.05, 0) is 20.3 Å². The fourth-order valence-corrected chi connectivity index (χ4v) is 1.66. The third kappa shape index (κ3) is 2.10. The summed E-state index contributed by atoms with van der Waals surface area (Å²) in [6.45, 7) is 9.06. The summed E-state index contributed by atoms with van der Waals surface area (Å²) >= 11 is 0. The van der Waals surface area contributed by atoms with Crippen molar-refractivity contribution in [2.24, 2.45) is 7.05 Å². The van der Waals surface area contributed by atoms with Crippen LogP contribution in [0.25, 0.3) is 0 Å². The van der Waals surface area contributed by atoms with E-state index in [1.54, 1.807) is 13.8 Å². The summed E-state index contributed by atoms with van der Waals surface area (Å²) in [4.78, 5) is 36.1. The van der Waals surface area contributed by atoms with E-state index in [1.165, 1.54) is 13.1 Å². The van der Waals surface area contributed by atoms with E-state index in [2.05, 4.69) is 6.58 Å². The van der Waals surface area contributed by atoms with Gasteiger partial charge in [0.05, 0.1) is 6.54 Å². The lowest BCUT2D eigenvalue weighted by Gasteiger charge is -2.25. The van der Waals surface area contributed by atoms with E-state index in [4.69, 9.17) is 0 Å². The molecule has 0 fully saturated rings. The largest absolute Gasteiger partial charge is 0.337 e. The summed E-state index contributed by atoms with van der Waals surface area (Å²) in [7, 11) is 1.37. The minimum absolute atomic E-state index is 0.0889. The predicted molar refractivity (Wildman–Crippen MR) is 70.0 cm³/mol. The van der Waals surface area contributed by atoms with Crippen molar-refractivity contribution in [2.45, 2.75) is 39.3 Å².